The van der Waals surface area contributed by atoms with E-state index in [9.17, 15) is 14.0 Å². The lowest BCUT2D eigenvalue weighted by atomic mass is 10.1. The Hall–Kier alpha value is -2.40. The third kappa shape index (κ3) is 3.79. The SMILES string of the molecule is Nc1cc(C(=O)OCC(=O)c2ccc(F)cc2)ccc1Cl. The Bertz CT molecular complexity index is 686. The van der Waals surface area contributed by atoms with Crippen LogP contribution in [0.3, 0.4) is 0 Å². The van der Waals surface area contributed by atoms with E-state index < -0.39 is 24.2 Å². The number of ether oxygens (including phenoxy) is 1. The van der Waals surface area contributed by atoms with E-state index in [2.05, 4.69) is 0 Å². The molecule has 0 amide bonds. The summed E-state index contributed by atoms with van der Waals surface area (Å²) in [4.78, 5) is 23.5. The summed E-state index contributed by atoms with van der Waals surface area (Å²) in [6.45, 7) is -0.438. The van der Waals surface area contributed by atoms with Crippen LogP contribution in [0.15, 0.2) is 42.5 Å². The number of carbonyl (C=O) groups is 2. The van der Waals surface area contributed by atoms with Gasteiger partial charge in [0.1, 0.15) is 5.82 Å². The molecule has 0 aliphatic heterocycles. The lowest BCUT2D eigenvalue weighted by Gasteiger charge is -2.06. The van der Waals surface area contributed by atoms with Crippen molar-refractivity contribution in [2.45, 2.75) is 0 Å². The smallest absolute Gasteiger partial charge is 0.338 e. The average Bonchev–Trinajstić information content (AvgIpc) is 2.48. The van der Waals surface area contributed by atoms with Crippen molar-refractivity contribution in [3.63, 3.8) is 0 Å². The fraction of sp³-hybridized carbons (Fsp3) is 0.0667. The zero-order valence-corrected chi connectivity index (χ0v) is 11.6. The summed E-state index contributed by atoms with van der Waals surface area (Å²) in [6.07, 6.45) is 0. The van der Waals surface area contributed by atoms with Gasteiger partial charge in [-0.2, -0.15) is 0 Å². The molecule has 2 aromatic carbocycles. The van der Waals surface area contributed by atoms with Crippen molar-refractivity contribution >= 4 is 29.0 Å². The van der Waals surface area contributed by atoms with Gasteiger partial charge in [0.15, 0.2) is 12.4 Å². The van der Waals surface area contributed by atoms with Gasteiger partial charge in [-0.05, 0) is 42.5 Å². The number of hydrogen-bond donors (Lipinski definition) is 1. The first-order valence-corrected chi connectivity index (χ1v) is 6.36. The van der Waals surface area contributed by atoms with E-state index >= 15 is 0 Å². The number of anilines is 1. The van der Waals surface area contributed by atoms with E-state index in [-0.39, 0.29) is 16.8 Å². The maximum absolute atomic E-state index is 12.7. The molecule has 108 valence electrons. The van der Waals surface area contributed by atoms with E-state index in [0.717, 1.165) is 12.1 Å². The number of esters is 1. The predicted octanol–water partition coefficient (Wildman–Crippen LogP) is 3.10. The normalized spacial score (nSPS) is 10.2. The quantitative estimate of drug-likeness (QED) is 0.535. The van der Waals surface area contributed by atoms with Gasteiger partial charge in [0.2, 0.25) is 0 Å². The molecule has 0 heterocycles. The first-order chi connectivity index (χ1) is 9.97. The topological polar surface area (TPSA) is 69.4 Å². The number of nitrogens with two attached hydrogens (primary N) is 1. The number of halogens is 2. The average molecular weight is 308 g/mol. The van der Waals surface area contributed by atoms with Crippen LogP contribution in [0.5, 0.6) is 0 Å². The summed E-state index contributed by atoms with van der Waals surface area (Å²) >= 11 is 5.74. The highest BCUT2D eigenvalue weighted by Gasteiger charge is 2.13. The Morgan fingerprint density at radius 1 is 1.10 bits per heavy atom. The molecule has 0 aliphatic carbocycles. The maximum atomic E-state index is 12.7. The van der Waals surface area contributed by atoms with Crippen molar-refractivity contribution in [3.05, 3.63) is 64.4 Å². The third-order valence-electron chi connectivity index (χ3n) is 2.73. The van der Waals surface area contributed by atoms with E-state index in [1.54, 1.807) is 0 Å². The van der Waals surface area contributed by atoms with Crippen LogP contribution in [-0.4, -0.2) is 18.4 Å². The van der Waals surface area contributed by atoms with Crippen molar-refractivity contribution in [3.8, 4) is 0 Å². The molecule has 0 bridgehead atoms. The van der Waals surface area contributed by atoms with Crippen LogP contribution in [-0.2, 0) is 4.74 Å². The minimum Gasteiger partial charge on any atom is -0.454 e. The molecule has 0 aliphatic rings. The minimum atomic E-state index is -0.686. The van der Waals surface area contributed by atoms with E-state index in [1.807, 2.05) is 0 Å². The molecule has 0 aromatic heterocycles. The molecule has 2 aromatic rings. The van der Waals surface area contributed by atoms with Crippen LogP contribution in [0.1, 0.15) is 20.7 Å². The summed E-state index contributed by atoms with van der Waals surface area (Å²) in [7, 11) is 0. The highest BCUT2D eigenvalue weighted by atomic mass is 35.5. The summed E-state index contributed by atoms with van der Waals surface area (Å²) in [5.41, 5.74) is 6.29. The van der Waals surface area contributed by atoms with Gasteiger partial charge < -0.3 is 10.5 Å². The number of carbonyl (C=O) groups excluding carboxylic acids is 2. The summed E-state index contributed by atoms with van der Waals surface area (Å²) in [5.74, 6) is -1.56. The molecular weight excluding hydrogens is 297 g/mol. The maximum Gasteiger partial charge on any atom is 0.338 e. The number of benzene rings is 2. The van der Waals surface area contributed by atoms with Crippen LogP contribution in [0.4, 0.5) is 10.1 Å². The number of nitrogen functional groups attached to an aromatic ring is 1. The van der Waals surface area contributed by atoms with Gasteiger partial charge in [-0.25, -0.2) is 9.18 Å². The second-order valence-corrected chi connectivity index (χ2v) is 4.65. The molecular formula is C15H11ClFNO3. The summed E-state index contributed by atoms with van der Waals surface area (Å²) in [6, 6.07) is 9.26. The first kappa shape index (κ1) is 15.0. The van der Waals surface area contributed by atoms with Crippen LogP contribution in [0.25, 0.3) is 0 Å². The molecule has 2 N–H and O–H groups in total. The van der Waals surface area contributed by atoms with E-state index in [4.69, 9.17) is 22.1 Å². The monoisotopic (exact) mass is 307 g/mol. The Balaban J connectivity index is 1.98. The highest BCUT2D eigenvalue weighted by Crippen LogP contribution is 2.20. The summed E-state index contributed by atoms with van der Waals surface area (Å²) < 4.78 is 17.6. The van der Waals surface area contributed by atoms with Gasteiger partial charge in [0, 0.05) is 5.56 Å². The molecule has 0 saturated carbocycles. The molecule has 0 saturated heterocycles. The zero-order chi connectivity index (χ0) is 15.4. The molecule has 0 radical (unpaired) electrons. The standard InChI is InChI=1S/C15H11ClFNO3/c16-12-6-3-10(7-13(12)18)15(20)21-8-14(19)9-1-4-11(17)5-2-9/h1-7H,8,18H2. The lowest BCUT2D eigenvalue weighted by Crippen LogP contribution is -2.14. The second kappa shape index (κ2) is 6.37. The van der Waals surface area contributed by atoms with Gasteiger partial charge >= 0.3 is 5.97 Å². The number of rotatable bonds is 4. The molecule has 2 rings (SSSR count). The third-order valence-corrected chi connectivity index (χ3v) is 3.08. The van der Waals surface area contributed by atoms with E-state index in [0.29, 0.717) is 5.02 Å². The molecule has 0 unspecified atom stereocenters. The van der Waals surface area contributed by atoms with Crippen LogP contribution in [0.2, 0.25) is 5.02 Å². The Labute approximate surface area is 125 Å². The van der Waals surface area contributed by atoms with Gasteiger partial charge in [0.25, 0.3) is 0 Å². The molecule has 21 heavy (non-hydrogen) atoms. The van der Waals surface area contributed by atoms with Gasteiger partial charge in [-0.3, -0.25) is 4.79 Å². The molecule has 4 nitrogen and oxygen atoms in total. The van der Waals surface area contributed by atoms with Crippen molar-refractivity contribution in [2.75, 3.05) is 12.3 Å². The van der Waals surface area contributed by atoms with Gasteiger partial charge in [-0.1, -0.05) is 11.6 Å². The van der Waals surface area contributed by atoms with E-state index in [1.165, 1.54) is 30.3 Å². The highest BCUT2D eigenvalue weighted by molar-refractivity contribution is 6.33. The summed E-state index contributed by atoms with van der Waals surface area (Å²) in [5, 5.41) is 0.328. The largest absolute Gasteiger partial charge is 0.454 e. The van der Waals surface area contributed by atoms with Crippen LogP contribution >= 0.6 is 11.6 Å². The van der Waals surface area contributed by atoms with Gasteiger partial charge in [0.05, 0.1) is 16.3 Å². The first-order valence-electron chi connectivity index (χ1n) is 5.98. The zero-order valence-electron chi connectivity index (χ0n) is 10.8. The van der Waals surface area contributed by atoms with Gasteiger partial charge in [-0.15, -0.1) is 0 Å². The molecule has 6 heteroatoms. The predicted molar refractivity (Wildman–Crippen MR) is 76.9 cm³/mol. The van der Waals surface area contributed by atoms with Crippen LogP contribution in [0, 0.1) is 5.82 Å². The fourth-order valence-electron chi connectivity index (χ4n) is 1.60. The second-order valence-electron chi connectivity index (χ2n) is 4.24. The van der Waals surface area contributed by atoms with Crippen molar-refractivity contribution in [1.29, 1.82) is 0 Å². The Morgan fingerprint density at radius 3 is 2.33 bits per heavy atom. The number of Topliss-reactive ketones (excluding diaryl/α,β-unsaturated/α-hetero) is 1. The lowest BCUT2D eigenvalue weighted by molar-refractivity contribution is 0.0475. The van der Waals surface area contributed by atoms with Crippen molar-refractivity contribution in [1.82, 2.24) is 0 Å². The molecule has 0 atom stereocenters. The number of ketones is 1. The fourth-order valence-corrected chi connectivity index (χ4v) is 1.72. The van der Waals surface area contributed by atoms with Crippen molar-refractivity contribution in [2.24, 2.45) is 0 Å². The Morgan fingerprint density at radius 2 is 1.71 bits per heavy atom. The Kier molecular flexibility index (Phi) is 4.55. The minimum absolute atomic E-state index is 0.198. The van der Waals surface area contributed by atoms with Crippen LogP contribution < -0.4 is 5.73 Å². The number of hydrogen-bond acceptors (Lipinski definition) is 4. The molecule has 0 fully saturated rings. The molecule has 0 spiro atoms. The van der Waals surface area contributed by atoms with Crippen molar-refractivity contribution < 1.29 is 18.7 Å².